The van der Waals surface area contributed by atoms with Gasteiger partial charge in [0, 0.05) is 33.9 Å². The van der Waals surface area contributed by atoms with Crippen LogP contribution in [0.25, 0.3) is 21.9 Å². The first-order valence-corrected chi connectivity index (χ1v) is 11.9. The van der Waals surface area contributed by atoms with Gasteiger partial charge < -0.3 is 4.90 Å². The third-order valence-corrected chi connectivity index (χ3v) is 6.66. The number of aromatic nitrogens is 1. The lowest BCUT2D eigenvalue weighted by Crippen LogP contribution is -2.21. The van der Waals surface area contributed by atoms with Crippen molar-refractivity contribution in [2.24, 2.45) is 0 Å². The van der Waals surface area contributed by atoms with Gasteiger partial charge in [-0.3, -0.25) is 4.98 Å². The number of fused-ring (bicyclic) bond motifs is 1. The summed E-state index contributed by atoms with van der Waals surface area (Å²) in [5, 5.41) is 12.9. The maximum absolute atomic E-state index is 9.87. The number of thiazole rings is 1. The Hall–Kier alpha value is -3.65. The Labute approximate surface area is 202 Å². The van der Waals surface area contributed by atoms with E-state index in [0.717, 1.165) is 44.7 Å². The standard InChI is InChI=1S/C28H20ClN3S/c29-23-8-3-5-20(13-23)17-32(18-25-16-31-19-33-25)24-12-11-22(15-30)28(14-24)27-10-4-7-21-6-1-2-9-26(21)27/h1-14,16,19H,17-18H2. The molecule has 0 aliphatic rings. The third-order valence-electron chi connectivity index (χ3n) is 5.66. The Morgan fingerprint density at radius 1 is 0.879 bits per heavy atom. The molecule has 0 spiro atoms. The Morgan fingerprint density at radius 2 is 1.73 bits per heavy atom. The molecule has 0 saturated heterocycles. The molecular formula is C28H20ClN3S. The van der Waals surface area contributed by atoms with Crippen molar-refractivity contribution in [2.75, 3.05) is 4.90 Å². The lowest BCUT2D eigenvalue weighted by Gasteiger charge is -2.25. The van der Waals surface area contributed by atoms with Gasteiger partial charge in [0.1, 0.15) is 0 Å². The van der Waals surface area contributed by atoms with E-state index in [1.165, 1.54) is 4.88 Å². The van der Waals surface area contributed by atoms with E-state index in [2.05, 4.69) is 52.4 Å². The van der Waals surface area contributed by atoms with Crippen LogP contribution >= 0.6 is 22.9 Å². The van der Waals surface area contributed by atoms with Crippen molar-refractivity contribution >= 4 is 39.4 Å². The van der Waals surface area contributed by atoms with Crippen LogP contribution in [0.4, 0.5) is 5.69 Å². The number of halogens is 1. The zero-order chi connectivity index (χ0) is 22.6. The van der Waals surface area contributed by atoms with Crippen LogP contribution < -0.4 is 4.90 Å². The molecular weight excluding hydrogens is 446 g/mol. The van der Waals surface area contributed by atoms with Gasteiger partial charge in [-0.2, -0.15) is 5.26 Å². The molecule has 0 aliphatic heterocycles. The maximum atomic E-state index is 9.87. The van der Waals surface area contributed by atoms with Gasteiger partial charge in [0.25, 0.3) is 0 Å². The first kappa shape index (κ1) is 21.2. The number of anilines is 1. The summed E-state index contributed by atoms with van der Waals surface area (Å²) in [7, 11) is 0. The Morgan fingerprint density at radius 3 is 2.55 bits per heavy atom. The molecule has 0 N–H and O–H groups in total. The van der Waals surface area contributed by atoms with E-state index in [1.54, 1.807) is 11.3 Å². The molecule has 160 valence electrons. The van der Waals surface area contributed by atoms with Crippen LogP contribution in [-0.2, 0) is 13.1 Å². The molecule has 4 aromatic carbocycles. The van der Waals surface area contributed by atoms with E-state index in [4.69, 9.17) is 11.6 Å². The predicted molar refractivity (Wildman–Crippen MR) is 138 cm³/mol. The molecule has 0 fully saturated rings. The van der Waals surface area contributed by atoms with Gasteiger partial charge in [-0.25, -0.2) is 0 Å². The number of rotatable bonds is 6. The largest absolute Gasteiger partial charge is 0.362 e. The highest BCUT2D eigenvalue weighted by Gasteiger charge is 2.15. The summed E-state index contributed by atoms with van der Waals surface area (Å²) in [6.45, 7) is 1.41. The second-order valence-corrected chi connectivity index (χ2v) is 9.23. The predicted octanol–water partition coefficient (Wildman–Crippen LogP) is 7.70. The van der Waals surface area contributed by atoms with Gasteiger partial charge in [-0.1, -0.05) is 66.2 Å². The molecule has 5 rings (SSSR count). The minimum absolute atomic E-state index is 0.663. The summed E-state index contributed by atoms with van der Waals surface area (Å²) in [5.41, 5.74) is 6.69. The van der Waals surface area contributed by atoms with Crippen molar-refractivity contribution in [1.29, 1.82) is 5.26 Å². The number of nitriles is 1. The first-order valence-electron chi connectivity index (χ1n) is 10.6. The van der Waals surface area contributed by atoms with Crippen molar-refractivity contribution in [3.8, 4) is 17.2 Å². The van der Waals surface area contributed by atoms with Crippen LogP contribution in [0.2, 0.25) is 5.02 Å². The van der Waals surface area contributed by atoms with Gasteiger partial charge in [0.05, 0.1) is 23.7 Å². The van der Waals surface area contributed by atoms with Crippen LogP contribution in [0.5, 0.6) is 0 Å². The zero-order valence-corrected chi connectivity index (χ0v) is 19.4. The molecule has 33 heavy (non-hydrogen) atoms. The Bertz CT molecular complexity index is 1450. The highest BCUT2D eigenvalue weighted by molar-refractivity contribution is 7.09. The number of hydrogen-bond acceptors (Lipinski definition) is 4. The van der Waals surface area contributed by atoms with Gasteiger partial charge in [-0.15, -0.1) is 11.3 Å². The lowest BCUT2D eigenvalue weighted by molar-refractivity contribution is 0.808. The first-order chi connectivity index (χ1) is 16.2. The Balaban J connectivity index is 1.61. The zero-order valence-electron chi connectivity index (χ0n) is 17.8. The van der Waals surface area contributed by atoms with Gasteiger partial charge in [-0.05, 0) is 52.2 Å². The second kappa shape index (κ2) is 9.46. The highest BCUT2D eigenvalue weighted by Crippen LogP contribution is 2.34. The average Bonchev–Trinajstić information content (AvgIpc) is 3.36. The minimum atomic E-state index is 0.663. The topological polar surface area (TPSA) is 39.9 Å². The van der Waals surface area contributed by atoms with Crippen LogP contribution in [0.15, 0.2) is 96.6 Å². The molecule has 5 heteroatoms. The summed E-state index contributed by atoms with van der Waals surface area (Å²) in [6.07, 6.45) is 1.91. The molecule has 0 unspecified atom stereocenters. The summed E-state index contributed by atoms with van der Waals surface area (Å²) in [6, 6.07) is 30.9. The quantitative estimate of drug-likeness (QED) is 0.258. The van der Waals surface area contributed by atoms with Gasteiger partial charge in [0.15, 0.2) is 0 Å². The molecule has 0 bridgehead atoms. The highest BCUT2D eigenvalue weighted by atomic mass is 35.5. The molecule has 5 aromatic rings. The van der Waals surface area contributed by atoms with Crippen molar-refractivity contribution in [3.63, 3.8) is 0 Å². The van der Waals surface area contributed by atoms with E-state index in [9.17, 15) is 5.26 Å². The van der Waals surface area contributed by atoms with Gasteiger partial charge >= 0.3 is 0 Å². The SMILES string of the molecule is N#Cc1ccc(N(Cc2cccc(Cl)c2)Cc2cncs2)cc1-c1cccc2ccccc12. The molecule has 1 aromatic heterocycles. The lowest BCUT2D eigenvalue weighted by atomic mass is 9.94. The van der Waals surface area contributed by atoms with E-state index >= 15 is 0 Å². The molecule has 0 radical (unpaired) electrons. The molecule has 0 aliphatic carbocycles. The van der Waals surface area contributed by atoms with Gasteiger partial charge in [0.2, 0.25) is 0 Å². The molecule has 0 saturated carbocycles. The van der Waals surface area contributed by atoms with Crippen molar-refractivity contribution in [2.45, 2.75) is 13.1 Å². The summed E-state index contributed by atoms with van der Waals surface area (Å²) in [4.78, 5) is 7.72. The third kappa shape index (κ3) is 4.61. The summed E-state index contributed by atoms with van der Waals surface area (Å²) in [5.74, 6) is 0. The molecule has 3 nitrogen and oxygen atoms in total. The Kier molecular flexibility index (Phi) is 6.08. The second-order valence-electron chi connectivity index (χ2n) is 7.82. The number of hydrogen-bond donors (Lipinski definition) is 0. The fourth-order valence-electron chi connectivity index (χ4n) is 4.11. The van der Waals surface area contributed by atoms with Crippen molar-refractivity contribution in [3.05, 3.63) is 118 Å². The molecule has 1 heterocycles. The molecule has 0 amide bonds. The number of benzene rings is 4. The number of nitrogens with zero attached hydrogens (tertiary/aromatic N) is 3. The van der Waals surface area contributed by atoms with Crippen LogP contribution in [0, 0.1) is 11.3 Å². The molecule has 0 atom stereocenters. The van der Waals surface area contributed by atoms with E-state index in [0.29, 0.717) is 12.1 Å². The van der Waals surface area contributed by atoms with E-state index in [1.807, 2.05) is 60.2 Å². The van der Waals surface area contributed by atoms with Crippen LogP contribution in [0.1, 0.15) is 16.0 Å². The van der Waals surface area contributed by atoms with Crippen LogP contribution in [0.3, 0.4) is 0 Å². The normalized spacial score (nSPS) is 10.8. The maximum Gasteiger partial charge on any atom is 0.0998 e. The average molecular weight is 466 g/mol. The smallest absolute Gasteiger partial charge is 0.0998 e. The van der Waals surface area contributed by atoms with Crippen molar-refractivity contribution < 1.29 is 0 Å². The fourth-order valence-corrected chi connectivity index (χ4v) is 4.93. The van der Waals surface area contributed by atoms with Crippen LogP contribution in [-0.4, -0.2) is 4.98 Å². The van der Waals surface area contributed by atoms with Crippen molar-refractivity contribution in [1.82, 2.24) is 4.98 Å². The van der Waals surface area contributed by atoms with E-state index < -0.39 is 0 Å². The minimum Gasteiger partial charge on any atom is -0.362 e. The summed E-state index contributed by atoms with van der Waals surface area (Å²) < 4.78 is 0. The summed E-state index contributed by atoms with van der Waals surface area (Å²) >= 11 is 7.89. The van der Waals surface area contributed by atoms with E-state index in [-0.39, 0.29) is 0 Å². The fraction of sp³-hybridized carbons (Fsp3) is 0.0714. The monoisotopic (exact) mass is 465 g/mol.